The second kappa shape index (κ2) is 7.19. The van der Waals surface area contributed by atoms with E-state index in [0.717, 1.165) is 18.8 Å². The van der Waals surface area contributed by atoms with Crippen molar-refractivity contribution in [2.45, 2.75) is 90.1 Å². The molecule has 0 heterocycles. The summed E-state index contributed by atoms with van der Waals surface area (Å²) in [6.45, 7) is 4.66. The van der Waals surface area contributed by atoms with Gasteiger partial charge < -0.3 is 10.2 Å². The lowest BCUT2D eigenvalue weighted by Gasteiger charge is -2.54. The van der Waals surface area contributed by atoms with Gasteiger partial charge in [-0.2, -0.15) is 0 Å². The first-order valence-electron chi connectivity index (χ1n) is 11.0. The molecule has 4 rings (SSSR count). The van der Waals surface area contributed by atoms with Gasteiger partial charge in [0.25, 0.3) is 0 Å². The zero-order valence-electron chi connectivity index (χ0n) is 16.6. The average molecular weight is 357 g/mol. The summed E-state index contributed by atoms with van der Waals surface area (Å²) in [6.07, 6.45) is 12.2. The summed E-state index contributed by atoms with van der Waals surface area (Å²) in [4.78, 5) is 0. The molecule has 2 saturated carbocycles. The molecule has 1 aromatic rings. The molecule has 2 heteroatoms. The number of aliphatic hydroxyl groups is 1. The van der Waals surface area contributed by atoms with Gasteiger partial charge in [0.1, 0.15) is 5.75 Å². The van der Waals surface area contributed by atoms with Crippen LogP contribution in [0.4, 0.5) is 0 Å². The maximum atomic E-state index is 10.8. The molecule has 0 bridgehead atoms. The highest BCUT2D eigenvalue weighted by molar-refractivity contribution is 5.40. The maximum absolute atomic E-state index is 10.8. The van der Waals surface area contributed by atoms with E-state index in [4.69, 9.17) is 0 Å². The standard InChI is InChI=1S/C24H36O2/c1-3-4-5-6-7-17-15-24(2)21(12-13-22(24)26)20-10-8-16-14-18(25)9-11-19(16)23(17)20/h9,11,14,17,20-23,25-26H,3-8,10,12-13,15H2,1-2H3/t17-,20-,21-,22-,23+,24-/m0/s1. The molecule has 2 nitrogen and oxygen atoms in total. The summed E-state index contributed by atoms with van der Waals surface area (Å²) < 4.78 is 0. The third kappa shape index (κ3) is 2.99. The van der Waals surface area contributed by atoms with Crippen LogP contribution in [-0.2, 0) is 6.42 Å². The van der Waals surface area contributed by atoms with Crippen LogP contribution < -0.4 is 0 Å². The van der Waals surface area contributed by atoms with E-state index in [1.54, 1.807) is 0 Å². The number of rotatable bonds is 5. The first-order valence-corrected chi connectivity index (χ1v) is 11.0. The molecule has 0 aromatic heterocycles. The fourth-order valence-electron chi connectivity index (χ4n) is 6.96. The Labute approximate surface area is 159 Å². The Morgan fingerprint density at radius 3 is 2.77 bits per heavy atom. The zero-order chi connectivity index (χ0) is 18.3. The van der Waals surface area contributed by atoms with Gasteiger partial charge in [0, 0.05) is 0 Å². The van der Waals surface area contributed by atoms with E-state index in [1.165, 1.54) is 62.5 Å². The molecular formula is C24H36O2. The molecular weight excluding hydrogens is 320 g/mol. The smallest absolute Gasteiger partial charge is 0.115 e. The van der Waals surface area contributed by atoms with Crippen LogP contribution in [0.25, 0.3) is 0 Å². The molecule has 26 heavy (non-hydrogen) atoms. The predicted molar refractivity (Wildman–Crippen MR) is 106 cm³/mol. The number of phenolic OH excluding ortho intramolecular Hbond substituents is 1. The molecule has 0 unspecified atom stereocenters. The molecule has 6 atom stereocenters. The van der Waals surface area contributed by atoms with Crippen molar-refractivity contribution in [1.82, 2.24) is 0 Å². The quantitative estimate of drug-likeness (QED) is 0.654. The van der Waals surface area contributed by atoms with Gasteiger partial charge in [-0.05, 0) is 90.9 Å². The van der Waals surface area contributed by atoms with Gasteiger partial charge >= 0.3 is 0 Å². The van der Waals surface area contributed by atoms with E-state index in [1.807, 2.05) is 12.1 Å². The number of fused-ring (bicyclic) bond motifs is 5. The molecule has 3 aliphatic carbocycles. The van der Waals surface area contributed by atoms with E-state index < -0.39 is 0 Å². The maximum Gasteiger partial charge on any atom is 0.115 e. The van der Waals surface area contributed by atoms with Gasteiger partial charge in [-0.3, -0.25) is 0 Å². The minimum atomic E-state index is -0.104. The number of aromatic hydroxyl groups is 1. The van der Waals surface area contributed by atoms with E-state index in [-0.39, 0.29) is 11.5 Å². The Hall–Kier alpha value is -1.02. The average Bonchev–Trinajstić information content (AvgIpc) is 2.93. The third-order valence-electron chi connectivity index (χ3n) is 8.21. The normalized spacial score (nSPS) is 38.5. The van der Waals surface area contributed by atoms with Crippen LogP contribution in [0, 0.1) is 23.2 Å². The number of hydrogen-bond acceptors (Lipinski definition) is 2. The van der Waals surface area contributed by atoms with Gasteiger partial charge in [-0.15, -0.1) is 0 Å². The number of aryl methyl sites for hydroxylation is 1. The highest BCUT2D eigenvalue weighted by atomic mass is 16.3. The lowest BCUT2D eigenvalue weighted by atomic mass is 9.51. The number of unbranched alkanes of at least 4 members (excludes halogenated alkanes) is 3. The van der Waals surface area contributed by atoms with E-state index in [9.17, 15) is 10.2 Å². The summed E-state index contributed by atoms with van der Waals surface area (Å²) in [5.74, 6) is 3.15. The molecule has 2 N–H and O–H groups in total. The molecule has 0 aliphatic heterocycles. The van der Waals surface area contributed by atoms with E-state index in [0.29, 0.717) is 23.5 Å². The second-order valence-corrected chi connectivity index (χ2v) is 9.63. The van der Waals surface area contributed by atoms with Gasteiger partial charge in [0.15, 0.2) is 0 Å². The zero-order valence-corrected chi connectivity index (χ0v) is 16.6. The van der Waals surface area contributed by atoms with Crippen molar-refractivity contribution >= 4 is 0 Å². The van der Waals surface area contributed by atoms with Crippen molar-refractivity contribution in [1.29, 1.82) is 0 Å². The highest BCUT2D eigenvalue weighted by Crippen LogP contribution is 2.63. The topological polar surface area (TPSA) is 40.5 Å². The minimum absolute atomic E-state index is 0.104. The monoisotopic (exact) mass is 356 g/mol. The Bertz CT molecular complexity index is 639. The van der Waals surface area contributed by atoms with Crippen LogP contribution in [0.5, 0.6) is 5.75 Å². The van der Waals surface area contributed by atoms with Crippen LogP contribution in [0.2, 0.25) is 0 Å². The third-order valence-corrected chi connectivity index (χ3v) is 8.21. The van der Waals surface area contributed by atoms with Crippen molar-refractivity contribution in [3.63, 3.8) is 0 Å². The minimum Gasteiger partial charge on any atom is -0.508 e. The van der Waals surface area contributed by atoms with Crippen LogP contribution in [0.15, 0.2) is 18.2 Å². The van der Waals surface area contributed by atoms with Crippen LogP contribution in [0.3, 0.4) is 0 Å². The van der Waals surface area contributed by atoms with E-state index in [2.05, 4.69) is 19.9 Å². The number of aliphatic hydroxyl groups excluding tert-OH is 1. The Kier molecular flexibility index (Phi) is 5.07. The van der Waals surface area contributed by atoms with Gasteiger partial charge in [0.05, 0.1) is 6.10 Å². The lowest BCUT2D eigenvalue weighted by molar-refractivity contribution is -0.0501. The molecule has 2 fully saturated rings. The van der Waals surface area contributed by atoms with Crippen molar-refractivity contribution in [3.8, 4) is 5.75 Å². The molecule has 1 aromatic carbocycles. The largest absolute Gasteiger partial charge is 0.508 e. The number of benzene rings is 1. The van der Waals surface area contributed by atoms with Crippen LogP contribution in [-0.4, -0.2) is 16.3 Å². The summed E-state index contributed by atoms with van der Waals surface area (Å²) in [5.41, 5.74) is 3.03. The SMILES string of the molecule is CCCCCC[C@H]1C[C@]2(C)[C@@H](O)CC[C@H]2[C@@H]2CCc3cc(O)ccc3[C@@H]12. The first kappa shape index (κ1) is 18.3. The Morgan fingerprint density at radius 2 is 1.96 bits per heavy atom. The Balaban J connectivity index is 1.65. The van der Waals surface area contributed by atoms with Gasteiger partial charge in [-0.25, -0.2) is 0 Å². The Morgan fingerprint density at radius 1 is 1.12 bits per heavy atom. The molecule has 0 amide bonds. The van der Waals surface area contributed by atoms with Gasteiger partial charge in [0.2, 0.25) is 0 Å². The molecule has 144 valence electrons. The number of hydrogen-bond donors (Lipinski definition) is 2. The molecule has 0 spiro atoms. The summed E-state index contributed by atoms with van der Waals surface area (Å²) >= 11 is 0. The summed E-state index contributed by atoms with van der Waals surface area (Å²) in [6, 6.07) is 6.12. The molecule has 0 radical (unpaired) electrons. The summed E-state index contributed by atoms with van der Waals surface area (Å²) in [5, 5.41) is 20.7. The predicted octanol–water partition coefficient (Wildman–Crippen LogP) is 5.81. The van der Waals surface area contributed by atoms with E-state index >= 15 is 0 Å². The highest BCUT2D eigenvalue weighted by Gasteiger charge is 2.57. The molecule has 3 aliphatic rings. The van der Waals surface area contributed by atoms with Crippen molar-refractivity contribution in [2.75, 3.05) is 0 Å². The van der Waals surface area contributed by atoms with Crippen molar-refractivity contribution in [2.24, 2.45) is 23.2 Å². The first-order chi connectivity index (χ1) is 12.5. The lowest BCUT2D eigenvalue weighted by Crippen LogP contribution is -2.47. The molecule has 0 saturated heterocycles. The fourth-order valence-corrected chi connectivity index (χ4v) is 6.96. The van der Waals surface area contributed by atoms with Crippen molar-refractivity contribution in [3.05, 3.63) is 29.3 Å². The number of phenols is 1. The van der Waals surface area contributed by atoms with Crippen LogP contribution in [0.1, 0.15) is 88.7 Å². The van der Waals surface area contributed by atoms with Gasteiger partial charge in [-0.1, -0.05) is 45.6 Å². The second-order valence-electron chi connectivity index (χ2n) is 9.63. The summed E-state index contributed by atoms with van der Waals surface area (Å²) in [7, 11) is 0. The van der Waals surface area contributed by atoms with Crippen LogP contribution >= 0.6 is 0 Å². The fraction of sp³-hybridized carbons (Fsp3) is 0.750. The van der Waals surface area contributed by atoms with Crippen molar-refractivity contribution < 1.29 is 10.2 Å².